The lowest BCUT2D eigenvalue weighted by Gasteiger charge is -1.96. The van der Waals surface area contributed by atoms with E-state index in [2.05, 4.69) is 0 Å². The number of hydrogen-bond donors (Lipinski definition) is 0. The Morgan fingerprint density at radius 3 is 2.55 bits per heavy atom. The van der Waals surface area contributed by atoms with Crippen molar-refractivity contribution in [3.8, 4) is 0 Å². The molecule has 0 radical (unpaired) electrons. The lowest BCUT2D eigenvalue weighted by molar-refractivity contribution is 0.101. The topological polar surface area (TPSA) is 47.3 Å². The van der Waals surface area contributed by atoms with E-state index >= 15 is 0 Å². The molecule has 1 aromatic rings. The van der Waals surface area contributed by atoms with Crippen LogP contribution in [0.25, 0.3) is 0 Å². The maximum absolute atomic E-state index is 11.0. The number of rotatable bonds is 1. The van der Waals surface area contributed by atoms with Gasteiger partial charge in [-0.3, -0.25) is 9.59 Å². The number of Topliss-reactive ketones (excluding diaryl/α,β-unsaturated/α-hetero) is 1. The molecule has 0 aromatic carbocycles. The maximum atomic E-state index is 11.0. The fraction of sp³-hybridized carbons (Fsp3) is 0.250. The largest absolute Gasteiger partial charge is 0.469 e. The third-order valence-corrected chi connectivity index (χ3v) is 1.41. The quantitative estimate of drug-likeness (QED) is 0.567. The minimum atomic E-state index is -0.277. The molecule has 0 N–H and O–H groups in total. The highest BCUT2D eigenvalue weighted by Crippen LogP contribution is 2.01. The Bertz CT molecular complexity index is 335. The Morgan fingerprint density at radius 2 is 2.18 bits per heavy atom. The van der Waals surface area contributed by atoms with Gasteiger partial charge in [-0.1, -0.05) is 0 Å². The average molecular weight is 152 g/mol. The normalized spacial score (nSPS) is 9.64. The molecule has 1 heterocycles. The minimum Gasteiger partial charge on any atom is -0.469 e. The highest BCUT2D eigenvalue weighted by atomic mass is 16.3. The van der Waals surface area contributed by atoms with Gasteiger partial charge in [-0.15, -0.1) is 0 Å². The van der Waals surface area contributed by atoms with Crippen LogP contribution in [0.15, 0.2) is 21.5 Å². The number of hydrogen-bond acceptors (Lipinski definition) is 3. The molecule has 1 rings (SSSR count). The molecule has 1 aromatic heterocycles. The van der Waals surface area contributed by atoms with Crippen LogP contribution in [0.4, 0.5) is 0 Å². The van der Waals surface area contributed by atoms with E-state index in [1.807, 2.05) is 0 Å². The highest BCUT2D eigenvalue weighted by Gasteiger charge is 2.08. The van der Waals surface area contributed by atoms with Crippen molar-refractivity contribution in [1.82, 2.24) is 0 Å². The van der Waals surface area contributed by atoms with Gasteiger partial charge in [0, 0.05) is 6.07 Å². The first-order valence-electron chi connectivity index (χ1n) is 3.22. The Morgan fingerprint density at radius 1 is 1.55 bits per heavy atom. The predicted molar refractivity (Wildman–Crippen MR) is 39.7 cm³/mol. The van der Waals surface area contributed by atoms with Crippen molar-refractivity contribution in [2.75, 3.05) is 0 Å². The van der Waals surface area contributed by atoms with Crippen molar-refractivity contribution in [2.24, 2.45) is 0 Å². The first-order chi connectivity index (χ1) is 5.13. The molecule has 0 spiro atoms. The van der Waals surface area contributed by atoms with Crippen LogP contribution in [0.5, 0.6) is 0 Å². The molecule has 0 fully saturated rings. The fourth-order valence-electron chi connectivity index (χ4n) is 0.935. The number of aryl methyl sites for hydroxylation is 1. The summed E-state index contributed by atoms with van der Waals surface area (Å²) in [5.41, 5.74) is -0.131. The third kappa shape index (κ3) is 1.37. The van der Waals surface area contributed by atoms with Crippen molar-refractivity contribution in [1.29, 1.82) is 0 Å². The lowest BCUT2D eigenvalue weighted by Crippen LogP contribution is -2.12. The second-order valence-corrected chi connectivity index (χ2v) is 2.27. The molecule has 0 aliphatic heterocycles. The number of carbonyl (C=O) groups excluding carboxylic acids is 1. The first kappa shape index (κ1) is 7.72. The van der Waals surface area contributed by atoms with Crippen molar-refractivity contribution >= 4 is 5.78 Å². The van der Waals surface area contributed by atoms with Gasteiger partial charge in [0.1, 0.15) is 11.3 Å². The fourth-order valence-corrected chi connectivity index (χ4v) is 0.935. The second kappa shape index (κ2) is 2.70. The summed E-state index contributed by atoms with van der Waals surface area (Å²) >= 11 is 0. The van der Waals surface area contributed by atoms with E-state index in [1.54, 1.807) is 6.92 Å². The molecule has 0 saturated heterocycles. The van der Waals surface area contributed by atoms with Gasteiger partial charge < -0.3 is 4.42 Å². The van der Waals surface area contributed by atoms with E-state index in [9.17, 15) is 9.59 Å². The van der Waals surface area contributed by atoms with Crippen LogP contribution in [0, 0.1) is 6.92 Å². The van der Waals surface area contributed by atoms with Crippen molar-refractivity contribution in [3.05, 3.63) is 33.9 Å². The zero-order chi connectivity index (χ0) is 8.43. The Labute approximate surface area is 63.7 Å². The number of ketones is 1. The van der Waals surface area contributed by atoms with Crippen LogP contribution in [0.2, 0.25) is 0 Å². The molecule has 58 valence electrons. The van der Waals surface area contributed by atoms with E-state index in [0.717, 1.165) is 0 Å². The summed E-state index contributed by atoms with van der Waals surface area (Å²) in [6.45, 7) is 2.94. The van der Waals surface area contributed by atoms with Crippen molar-refractivity contribution in [3.63, 3.8) is 0 Å². The van der Waals surface area contributed by atoms with Gasteiger partial charge in [0.2, 0.25) is 0 Å². The average Bonchev–Trinajstić information content (AvgIpc) is 1.85. The summed E-state index contributed by atoms with van der Waals surface area (Å²) in [6.07, 6.45) is 1.28. The summed E-state index contributed by atoms with van der Waals surface area (Å²) < 4.78 is 4.88. The van der Waals surface area contributed by atoms with E-state index < -0.39 is 0 Å². The van der Waals surface area contributed by atoms with E-state index in [-0.39, 0.29) is 16.8 Å². The van der Waals surface area contributed by atoms with Crippen LogP contribution in [0.3, 0.4) is 0 Å². The van der Waals surface area contributed by atoms with E-state index in [1.165, 1.54) is 19.3 Å². The lowest BCUT2D eigenvalue weighted by atomic mass is 10.1. The van der Waals surface area contributed by atoms with Crippen molar-refractivity contribution in [2.45, 2.75) is 13.8 Å². The SMILES string of the molecule is CC(=O)c1c(C)occc1=O. The molecule has 0 saturated carbocycles. The zero-order valence-corrected chi connectivity index (χ0v) is 6.38. The van der Waals surface area contributed by atoms with E-state index in [4.69, 9.17) is 4.42 Å². The minimum absolute atomic E-state index is 0.146. The van der Waals surface area contributed by atoms with Crippen LogP contribution < -0.4 is 5.43 Å². The van der Waals surface area contributed by atoms with Gasteiger partial charge in [0.15, 0.2) is 11.2 Å². The molecule has 0 bridgehead atoms. The summed E-state index contributed by atoms with van der Waals surface area (Å²) in [5.74, 6) is 0.127. The standard InChI is InChI=1S/C8H8O3/c1-5(9)8-6(2)11-4-3-7(8)10/h3-4H,1-2H3. The predicted octanol–water partition coefficient (Wildman–Crippen LogP) is 1.15. The van der Waals surface area contributed by atoms with Gasteiger partial charge in [-0.25, -0.2) is 0 Å². The van der Waals surface area contributed by atoms with Gasteiger partial charge >= 0.3 is 0 Å². The summed E-state index contributed by atoms with van der Waals surface area (Å²) in [5, 5.41) is 0. The summed E-state index contributed by atoms with van der Waals surface area (Å²) in [6, 6.07) is 1.24. The molecule has 0 unspecified atom stereocenters. The van der Waals surface area contributed by atoms with Crippen LogP contribution >= 0.6 is 0 Å². The number of carbonyl (C=O) groups is 1. The van der Waals surface area contributed by atoms with Crippen molar-refractivity contribution < 1.29 is 9.21 Å². The van der Waals surface area contributed by atoms with E-state index in [0.29, 0.717) is 5.76 Å². The third-order valence-electron chi connectivity index (χ3n) is 1.41. The molecule has 3 nitrogen and oxygen atoms in total. The Balaban J connectivity index is 3.45. The molecule has 3 heteroatoms. The molecule has 11 heavy (non-hydrogen) atoms. The molecule has 0 amide bonds. The summed E-state index contributed by atoms with van der Waals surface area (Å²) in [7, 11) is 0. The van der Waals surface area contributed by atoms with Gasteiger partial charge in [-0.2, -0.15) is 0 Å². The van der Waals surface area contributed by atoms with Crippen LogP contribution in [0.1, 0.15) is 23.0 Å². The molecule has 0 aliphatic rings. The Hall–Kier alpha value is -1.38. The van der Waals surface area contributed by atoms with Gasteiger partial charge in [0.25, 0.3) is 0 Å². The molecular formula is C8H8O3. The van der Waals surface area contributed by atoms with Gasteiger partial charge in [0.05, 0.1) is 6.26 Å². The monoisotopic (exact) mass is 152 g/mol. The van der Waals surface area contributed by atoms with Gasteiger partial charge in [-0.05, 0) is 13.8 Å². The van der Waals surface area contributed by atoms with Crippen LogP contribution in [-0.2, 0) is 0 Å². The summed E-state index contributed by atoms with van der Waals surface area (Å²) in [4.78, 5) is 21.8. The molecular weight excluding hydrogens is 144 g/mol. The Kier molecular flexibility index (Phi) is 1.89. The molecule has 0 aliphatic carbocycles. The smallest absolute Gasteiger partial charge is 0.195 e. The second-order valence-electron chi connectivity index (χ2n) is 2.27. The zero-order valence-electron chi connectivity index (χ0n) is 6.38. The maximum Gasteiger partial charge on any atom is 0.195 e. The highest BCUT2D eigenvalue weighted by molar-refractivity contribution is 5.94. The first-order valence-corrected chi connectivity index (χ1v) is 3.22. The molecule has 0 atom stereocenters. The van der Waals surface area contributed by atoms with Crippen LogP contribution in [-0.4, -0.2) is 5.78 Å².